The third-order valence-corrected chi connectivity index (χ3v) is 14.5. The molecule has 0 saturated heterocycles. The molecule has 6 rings (SSSR count). The summed E-state index contributed by atoms with van der Waals surface area (Å²) < 4.78 is 15.6. The van der Waals surface area contributed by atoms with Gasteiger partial charge in [0, 0.05) is 17.9 Å². The molecule has 10 heteroatoms. The van der Waals surface area contributed by atoms with Gasteiger partial charge in [0.2, 0.25) is 0 Å². The van der Waals surface area contributed by atoms with Gasteiger partial charge in [-0.05, 0) is 128 Å². The van der Waals surface area contributed by atoms with Crippen molar-refractivity contribution >= 4 is 29.4 Å². The highest BCUT2D eigenvalue weighted by atomic mass is 32.2. The number of benzene rings is 2. The van der Waals surface area contributed by atoms with Gasteiger partial charge in [0.25, 0.3) is 0 Å². The molecule has 2 aromatic rings. The van der Waals surface area contributed by atoms with E-state index in [-0.39, 0.29) is 41.9 Å². The summed E-state index contributed by atoms with van der Waals surface area (Å²) in [7, 11) is 1.74. The maximum absolute atomic E-state index is 13.4. The maximum Gasteiger partial charge on any atom is 0.331 e. The quantitative estimate of drug-likeness (QED) is 0.176. The van der Waals surface area contributed by atoms with Crippen molar-refractivity contribution in [2.75, 3.05) is 20.3 Å². The second kappa shape index (κ2) is 15.5. The Bertz CT molecular complexity index is 1840. The van der Waals surface area contributed by atoms with Crippen LogP contribution in [0.4, 0.5) is 5.69 Å². The van der Waals surface area contributed by atoms with Crippen LogP contribution in [0.15, 0.2) is 36.4 Å². The number of rotatable bonds is 6. The minimum absolute atomic E-state index is 0.121. The van der Waals surface area contributed by atoms with Gasteiger partial charge < -0.3 is 19.9 Å². The van der Waals surface area contributed by atoms with Crippen molar-refractivity contribution in [3.8, 4) is 11.5 Å². The summed E-state index contributed by atoms with van der Waals surface area (Å²) in [5.41, 5.74) is 9.71. The molecule has 0 aromatic heterocycles. The average molecular weight is 739 g/mol. The number of thiocyanates is 1. The maximum atomic E-state index is 13.4. The summed E-state index contributed by atoms with van der Waals surface area (Å²) in [4.78, 5) is 30.1. The van der Waals surface area contributed by atoms with Crippen molar-refractivity contribution in [1.29, 1.82) is 10.5 Å². The van der Waals surface area contributed by atoms with Gasteiger partial charge in [0.1, 0.15) is 10.9 Å². The van der Waals surface area contributed by atoms with Gasteiger partial charge in [-0.1, -0.05) is 58.9 Å². The summed E-state index contributed by atoms with van der Waals surface area (Å²) in [6, 6.07) is 13.3. The molecule has 282 valence electrons. The van der Waals surface area contributed by atoms with Crippen LogP contribution in [-0.2, 0) is 46.9 Å². The number of carbonyl (C=O) groups is 2. The molecule has 4 unspecified atom stereocenters. The predicted octanol–water partition coefficient (Wildman–Crippen LogP) is 8.35. The lowest BCUT2D eigenvalue weighted by Crippen LogP contribution is -2.59. The molecule has 2 saturated carbocycles. The van der Waals surface area contributed by atoms with Crippen molar-refractivity contribution in [3.05, 3.63) is 75.6 Å². The van der Waals surface area contributed by atoms with Crippen molar-refractivity contribution in [2.24, 2.45) is 46.2 Å². The molecule has 4 aliphatic rings. The molecule has 10 atom stereocenters. The third-order valence-electron chi connectivity index (χ3n) is 13.3. The Labute approximate surface area is 319 Å². The third kappa shape index (κ3) is 6.43. The fourth-order valence-corrected chi connectivity index (χ4v) is 12.0. The van der Waals surface area contributed by atoms with Gasteiger partial charge in [-0.25, -0.2) is 9.64 Å². The van der Waals surface area contributed by atoms with Gasteiger partial charge in [-0.15, -0.1) is 0 Å². The highest BCUT2D eigenvalue weighted by Gasteiger charge is 2.67. The number of ether oxygens (including phenoxy) is 3. The number of hydrogen-bond donors (Lipinski definition) is 1. The van der Waals surface area contributed by atoms with E-state index in [2.05, 4.69) is 50.9 Å². The summed E-state index contributed by atoms with van der Waals surface area (Å²) in [5.74, 6) is 1.37. The lowest BCUT2D eigenvalue weighted by molar-refractivity contribution is -0.159. The van der Waals surface area contributed by atoms with Crippen LogP contribution < -0.4 is 5.73 Å². The molecule has 0 amide bonds. The number of nitriles is 2. The van der Waals surface area contributed by atoms with Gasteiger partial charge in [0.05, 0.1) is 37.5 Å². The van der Waals surface area contributed by atoms with Crippen LogP contribution in [0.5, 0.6) is 0 Å². The SMILES string of the molecule is CCOC(=O)[C@]1(SC#N)c2cc(C#N)ccc2CC12C[C@@H](C)C(OC)[C@@H](C)C2.[C-]#[N+]c1ccc2c(c1)[C@@](N)(C(=O)OCC)C1(C2)C[C@@H](C)C(C)[C@@H](C)C1. The molecule has 9 nitrogen and oxygen atoms in total. The van der Waals surface area contributed by atoms with Crippen LogP contribution in [0.3, 0.4) is 0 Å². The Hall–Kier alpha value is -3.88. The molecule has 4 aliphatic carbocycles. The first kappa shape index (κ1) is 40.3. The molecule has 0 bridgehead atoms. The normalized spacial score (nSPS) is 35.1. The monoisotopic (exact) mass is 738 g/mol. The van der Waals surface area contributed by atoms with E-state index in [4.69, 9.17) is 26.5 Å². The molecule has 2 spiro atoms. The number of esters is 2. The summed E-state index contributed by atoms with van der Waals surface area (Å²) >= 11 is 0.995. The zero-order valence-corrected chi connectivity index (χ0v) is 33.3. The van der Waals surface area contributed by atoms with Crippen LogP contribution in [0.25, 0.3) is 4.85 Å². The first-order valence-electron chi connectivity index (χ1n) is 19.0. The highest BCUT2D eigenvalue weighted by Crippen LogP contribution is 2.66. The van der Waals surface area contributed by atoms with Gasteiger partial charge in [-0.3, -0.25) is 4.79 Å². The largest absolute Gasteiger partial charge is 0.465 e. The molecule has 2 N–H and O–H groups in total. The molecule has 2 aromatic carbocycles. The number of nitrogens with zero attached hydrogens (tertiary/aromatic N) is 3. The topological polar surface area (TPSA) is 140 Å². The Balaban J connectivity index is 0.000000206. The van der Waals surface area contributed by atoms with E-state index >= 15 is 0 Å². The Morgan fingerprint density at radius 1 is 0.849 bits per heavy atom. The Kier molecular flexibility index (Phi) is 11.8. The zero-order valence-electron chi connectivity index (χ0n) is 32.5. The number of thioether (sulfide) groups is 1. The van der Waals surface area contributed by atoms with E-state index in [1.54, 1.807) is 32.2 Å². The molecular formula is C43H54N4O5S. The van der Waals surface area contributed by atoms with Crippen molar-refractivity contribution in [2.45, 2.75) is 103 Å². The summed E-state index contributed by atoms with van der Waals surface area (Å²) in [5, 5.41) is 21.3. The highest BCUT2D eigenvalue weighted by molar-refractivity contribution is 8.05. The van der Waals surface area contributed by atoms with Crippen LogP contribution >= 0.6 is 11.8 Å². The molecule has 53 heavy (non-hydrogen) atoms. The second-order valence-corrected chi connectivity index (χ2v) is 17.3. The average Bonchev–Trinajstić information content (AvgIpc) is 3.52. The predicted molar refractivity (Wildman–Crippen MR) is 205 cm³/mol. The number of carbonyl (C=O) groups excluding carboxylic acids is 2. The van der Waals surface area contributed by atoms with E-state index < -0.39 is 15.7 Å². The Morgan fingerprint density at radius 3 is 1.94 bits per heavy atom. The Morgan fingerprint density at radius 2 is 1.40 bits per heavy atom. The molecule has 0 radical (unpaired) electrons. The molecular weight excluding hydrogens is 685 g/mol. The lowest BCUT2D eigenvalue weighted by Gasteiger charge is -2.51. The van der Waals surface area contributed by atoms with E-state index in [0.717, 1.165) is 66.1 Å². The van der Waals surface area contributed by atoms with Gasteiger partial charge in [-0.2, -0.15) is 10.5 Å². The lowest BCUT2D eigenvalue weighted by atomic mass is 9.55. The van der Waals surface area contributed by atoms with Gasteiger partial charge in [0.15, 0.2) is 10.4 Å². The first-order chi connectivity index (χ1) is 25.2. The number of methoxy groups -OCH3 is 1. The van der Waals surface area contributed by atoms with Crippen molar-refractivity contribution < 1.29 is 23.8 Å². The summed E-state index contributed by atoms with van der Waals surface area (Å²) in [6.45, 7) is 22.6. The smallest absolute Gasteiger partial charge is 0.331 e. The standard InChI is InChI=1S/C22H26N2O3S.C21H28N2O2/c1-5-27-20(25)22(28-13-24)18-8-16(12-23)6-7-17(18)11-21(22)9-14(2)19(26-4)15(3)10-21;1-6-25-19(24)21(22)18-9-17(23-5)8-7-16(18)12-20(21)10-13(2)15(4)14(3)11-20/h6-8,14-15,19H,5,9-11H2,1-4H3;7-9,13-15H,6,10-12,22H2,1-4H3/t14-,15+,19?,21?,22-;13-,14+,15?,20?,21-/m11/s1. The van der Waals surface area contributed by atoms with E-state index in [1.165, 1.54) is 0 Å². The second-order valence-electron chi connectivity index (χ2n) is 16.3. The van der Waals surface area contributed by atoms with E-state index in [0.29, 0.717) is 42.0 Å². The van der Waals surface area contributed by atoms with Crippen LogP contribution in [0.1, 0.15) is 102 Å². The first-order valence-corrected chi connectivity index (χ1v) is 19.8. The minimum atomic E-state index is -1.16. The molecule has 0 heterocycles. The van der Waals surface area contributed by atoms with Crippen LogP contribution in [-0.4, -0.2) is 38.4 Å². The van der Waals surface area contributed by atoms with Crippen LogP contribution in [0.2, 0.25) is 0 Å². The van der Waals surface area contributed by atoms with Gasteiger partial charge >= 0.3 is 11.9 Å². The number of hydrogen-bond acceptors (Lipinski definition) is 9. The fourth-order valence-electron chi connectivity index (χ4n) is 11.0. The zero-order chi connectivity index (χ0) is 38.9. The van der Waals surface area contributed by atoms with E-state index in [1.807, 2.05) is 25.1 Å². The van der Waals surface area contributed by atoms with Crippen LogP contribution in [0, 0.1) is 69.0 Å². The fraction of sp³-hybridized carbons (Fsp3) is 0.605. The molecule has 2 fully saturated rings. The molecule has 0 aliphatic heterocycles. The number of nitrogens with two attached hydrogens (primary N) is 1. The van der Waals surface area contributed by atoms with E-state index in [9.17, 15) is 20.1 Å². The summed E-state index contributed by atoms with van der Waals surface area (Å²) in [6.07, 6.45) is 4.96. The van der Waals surface area contributed by atoms with Crippen molar-refractivity contribution in [1.82, 2.24) is 0 Å². The van der Waals surface area contributed by atoms with Crippen molar-refractivity contribution in [3.63, 3.8) is 0 Å². The minimum Gasteiger partial charge on any atom is -0.465 e. The number of fused-ring (bicyclic) bond motifs is 2.